The topological polar surface area (TPSA) is 48.7 Å². The Hall–Kier alpha value is -1.86. The molecule has 2 aromatic rings. The van der Waals surface area contributed by atoms with Crippen molar-refractivity contribution in [3.8, 4) is 6.07 Å². The Bertz CT molecular complexity index is 630. The number of hydrogen-bond acceptors (Lipinski definition) is 3. The molecule has 1 aromatic heterocycles. The highest BCUT2D eigenvalue weighted by atomic mass is 79.9. The van der Waals surface area contributed by atoms with Gasteiger partial charge in [0.15, 0.2) is 0 Å². The summed E-state index contributed by atoms with van der Waals surface area (Å²) in [5, 5.41) is 12.1. The predicted molar refractivity (Wildman–Crippen MR) is 80.5 cm³/mol. The summed E-state index contributed by atoms with van der Waals surface area (Å²) in [7, 11) is 0. The van der Waals surface area contributed by atoms with Crippen LogP contribution in [0.3, 0.4) is 0 Å². The standard InChI is InChI=1S/C15H14BrN3/c1-10(2)12-5-3-4-6-14(12)19-15-13(16)7-11(8-17)9-18-15/h3-7,9-10H,1-2H3,(H,18,19). The highest BCUT2D eigenvalue weighted by Crippen LogP contribution is 2.29. The average molecular weight is 316 g/mol. The summed E-state index contributed by atoms with van der Waals surface area (Å²) in [6, 6.07) is 12.0. The minimum Gasteiger partial charge on any atom is -0.339 e. The summed E-state index contributed by atoms with van der Waals surface area (Å²) in [6.45, 7) is 4.31. The van der Waals surface area contributed by atoms with Gasteiger partial charge in [-0.1, -0.05) is 32.0 Å². The van der Waals surface area contributed by atoms with E-state index in [1.54, 1.807) is 12.3 Å². The molecule has 4 heteroatoms. The Morgan fingerprint density at radius 2 is 2.05 bits per heavy atom. The third-order valence-corrected chi connectivity index (χ3v) is 3.41. The van der Waals surface area contributed by atoms with Gasteiger partial charge in [-0.15, -0.1) is 0 Å². The summed E-state index contributed by atoms with van der Waals surface area (Å²) >= 11 is 3.43. The molecule has 0 spiro atoms. The molecule has 2 rings (SSSR count). The molecular weight excluding hydrogens is 302 g/mol. The number of hydrogen-bond donors (Lipinski definition) is 1. The lowest BCUT2D eigenvalue weighted by atomic mass is 10.0. The molecule has 0 aliphatic rings. The number of para-hydroxylation sites is 1. The van der Waals surface area contributed by atoms with E-state index in [0.29, 0.717) is 17.3 Å². The van der Waals surface area contributed by atoms with Gasteiger partial charge in [-0.25, -0.2) is 4.98 Å². The average Bonchev–Trinajstić information content (AvgIpc) is 2.41. The molecule has 0 aliphatic carbocycles. The molecule has 1 aromatic carbocycles. The van der Waals surface area contributed by atoms with E-state index in [2.05, 4.69) is 52.2 Å². The maximum absolute atomic E-state index is 8.83. The molecule has 1 N–H and O–H groups in total. The number of benzene rings is 1. The highest BCUT2D eigenvalue weighted by Gasteiger charge is 2.08. The lowest BCUT2D eigenvalue weighted by molar-refractivity contribution is 0.869. The number of nitrogens with one attached hydrogen (secondary N) is 1. The van der Waals surface area contributed by atoms with E-state index >= 15 is 0 Å². The molecule has 0 fully saturated rings. The second kappa shape index (κ2) is 5.85. The lowest BCUT2D eigenvalue weighted by Gasteiger charge is -2.14. The van der Waals surface area contributed by atoms with Crippen molar-refractivity contribution in [2.45, 2.75) is 19.8 Å². The SMILES string of the molecule is CC(C)c1ccccc1Nc1ncc(C#N)cc1Br. The minimum atomic E-state index is 0.431. The quantitative estimate of drug-likeness (QED) is 0.901. The van der Waals surface area contributed by atoms with Crippen LogP contribution in [0.4, 0.5) is 11.5 Å². The number of nitriles is 1. The molecule has 0 radical (unpaired) electrons. The number of nitrogens with zero attached hydrogens (tertiary/aromatic N) is 2. The van der Waals surface area contributed by atoms with Gasteiger partial charge in [-0.05, 0) is 39.5 Å². The zero-order valence-electron chi connectivity index (χ0n) is 10.8. The van der Waals surface area contributed by atoms with Crippen molar-refractivity contribution in [3.05, 3.63) is 52.1 Å². The molecular formula is C15H14BrN3. The van der Waals surface area contributed by atoms with Crippen molar-refractivity contribution in [2.75, 3.05) is 5.32 Å². The van der Waals surface area contributed by atoms with E-state index in [4.69, 9.17) is 5.26 Å². The summed E-state index contributed by atoms with van der Waals surface area (Å²) in [5.41, 5.74) is 2.81. The Labute approximate surface area is 121 Å². The molecule has 0 saturated heterocycles. The van der Waals surface area contributed by atoms with E-state index in [1.165, 1.54) is 5.56 Å². The van der Waals surface area contributed by atoms with Crippen molar-refractivity contribution in [1.82, 2.24) is 4.98 Å². The Balaban J connectivity index is 2.34. The normalized spacial score (nSPS) is 10.3. The van der Waals surface area contributed by atoms with Gasteiger partial charge in [0, 0.05) is 11.9 Å². The van der Waals surface area contributed by atoms with Gasteiger partial charge in [0.1, 0.15) is 11.9 Å². The van der Waals surface area contributed by atoms with Gasteiger partial charge < -0.3 is 5.32 Å². The van der Waals surface area contributed by atoms with E-state index < -0.39 is 0 Å². The van der Waals surface area contributed by atoms with Gasteiger partial charge in [-0.2, -0.15) is 5.26 Å². The van der Waals surface area contributed by atoms with E-state index in [0.717, 1.165) is 10.2 Å². The molecule has 0 atom stereocenters. The first kappa shape index (κ1) is 13.6. The number of aromatic nitrogens is 1. The van der Waals surface area contributed by atoms with Crippen molar-refractivity contribution in [1.29, 1.82) is 5.26 Å². The van der Waals surface area contributed by atoms with Crippen molar-refractivity contribution in [2.24, 2.45) is 0 Å². The molecule has 19 heavy (non-hydrogen) atoms. The summed E-state index contributed by atoms with van der Waals surface area (Å²) in [5.74, 6) is 1.15. The van der Waals surface area contributed by atoms with Crippen LogP contribution in [0.2, 0.25) is 0 Å². The second-order valence-corrected chi connectivity index (χ2v) is 5.39. The fraction of sp³-hybridized carbons (Fsp3) is 0.200. The zero-order chi connectivity index (χ0) is 13.8. The molecule has 3 nitrogen and oxygen atoms in total. The number of rotatable bonds is 3. The smallest absolute Gasteiger partial charge is 0.144 e. The van der Waals surface area contributed by atoms with E-state index in [1.807, 2.05) is 18.2 Å². The first-order chi connectivity index (χ1) is 9.11. The van der Waals surface area contributed by atoms with Crippen LogP contribution in [0.15, 0.2) is 41.0 Å². The first-order valence-corrected chi connectivity index (χ1v) is 6.82. The zero-order valence-corrected chi connectivity index (χ0v) is 12.4. The third-order valence-electron chi connectivity index (χ3n) is 2.81. The molecule has 96 valence electrons. The number of halogens is 1. The van der Waals surface area contributed by atoms with Crippen molar-refractivity contribution in [3.63, 3.8) is 0 Å². The minimum absolute atomic E-state index is 0.431. The van der Waals surface area contributed by atoms with Gasteiger partial charge in [0.2, 0.25) is 0 Å². The van der Waals surface area contributed by atoms with Gasteiger partial charge in [-0.3, -0.25) is 0 Å². The second-order valence-electron chi connectivity index (χ2n) is 4.53. The van der Waals surface area contributed by atoms with Crippen LogP contribution in [-0.4, -0.2) is 4.98 Å². The molecule has 0 aliphatic heterocycles. The molecule has 0 saturated carbocycles. The monoisotopic (exact) mass is 315 g/mol. The fourth-order valence-electron chi connectivity index (χ4n) is 1.83. The number of pyridine rings is 1. The maximum Gasteiger partial charge on any atom is 0.144 e. The summed E-state index contributed by atoms with van der Waals surface area (Å²) in [4.78, 5) is 4.26. The molecule has 0 unspecified atom stereocenters. The fourth-order valence-corrected chi connectivity index (χ4v) is 2.28. The molecule has 0 amide bonds. The Morgan fingerprint density at radius 3 is 2.68 bits per heavy atom. The van der Waals surface area contributed by atoms with Crippen LogP contribution in [0.1, 0.15) is 30.9 Å². The first-order valence-electron chi connectivity index (χ1n) is 6.03. The molecule has 0 bridgehead atoms. The van der Waals surface area contributed by atoms with Crippen molar-refractivity contribution < 1.29 is 0 Å². The highest BCUT2D eigenvalue weighted by molar-refractivity contribution is 9.10. The summed E-state index contributed by atoms with van der Waals surface area (Å²) in [6.07, 6.45) is 1.56. The van der Waals surface area contributed by atoms with Crippen LogP contribution in [0.25, 0.3) is 0 Å². The van der Waals surface area contributed by atoms with Crippen LogP contribution in [0, 0.1) is 11.3 Å². The van der Waals surface area contributed by atoms with Crippen LogP contribution < -0.4 is 5.32 Å². The largest absolute Gasteiger partial charge is 0.339 e. The Morgan fingerprint density at radius 1 is 1.32 bits per heavy atom. The van der Waals surface area contributed by atoms with Gasteiger partial charge in [0.05, 0.1) is 10.0 Å². The van der Waals surface area contributed by atoms with Crippen LogP contribution in [0.5, 0.6) is 0 Å². The van der Waals surface area contributed by atoms with Gasteiger partial charge >= 0.3 is 0 Å². The lowest BCUT2D eigenvalue weighted by Crippen LogP contribution is -2.00. The summed E-state index contributed by atoms with van der Waals surface area (Å²) < 4.78 is 0.783. The van der Waals surface area contributed by atoms with E-state index in [-0.39, 0.29) is 0 Å². The van der Waals surface area contributed by atoms with Crippen LogP contribution >= 0.6 is 15.9 Å². The molecule has 1 heterocycles. The van der Waals surface area contributed by atoms with E-state index in [9.17, 15) is 0 Å². The van der Waals surface area contributed by atoms with Crippen LogP contribution in [-0.2, 0) is 0 Å². The van der Waals surface area contributed by atoms with Crippen molar-refractivity contribution >= 4 is 27.4 Å². The maximum atomic E-state index is 8.83. The Kier molecular flexibility index (Phi) is 4.18. The third kappa shape index (κ3) is 3.12. The van der Waals surface area contributed by atoms with Gasteiger partial charge in [0.25, 0.3) is 0 Å². The number of anilines is 2. The predicted octanol–water partition coefficient (Wildman–Crippen LogP) is 4.58.